The van der Waals surface area contributed by atoms with Crippen LogP contribution in [0.2, 0.25) is 0 Å². The number of likely N-dealkylation sites (tertiary alicyclic amines) is 1. The fourth-order valence-electron chi connectivity index (χ4n) is 2.58. The monoisotopic (exact) mass is 276 g/mol. The summed E-state index contributed by atoms with van der Waals surface area (Å²) in [6.07, 6.45) is 2.53. The molecule has 5 N–H and O–H groups in total. The lowest BCUT2D eigenvalue weighted by molar-refractivity contribution is -0.126. The van der Waals surface area contributed by atoms with Crippen LogP contribution in [-0.4, -0.2) is 36.3 Å². The number of carbonyl (C=O) groups is 2. The molecule has 0 saturated carbocycles. The minimum atomic E-state index is -0.413. The van der Waals surface area contributed by atoms with Gasteiger partial charge in [-0.2, -0.15) is 0 Å². The molecule has 1 fully saturated rings. The summed E-state index contributed by atoms with van der Waals surface area (Å²) in [7, 11) is 1.58. The molecule has 0 radical (unpaired) electrons. The van der Waals surface area contributed by atoms with E-state index in [4.69, 9.17) is 11.5 Å². The molecule has 0 spiro atoms. The number of amides is 2. The number of carbonyl (C=O) groups excluding carboxylic acids is 2. The minimum Gasteiger partial charge on any atom is -0.399 e. The van der Waals surface area contributed by atoms with Crippen LogP contribution < -0.4 is 16.8 Å². The van der Waals surface area contributed by atoms with E-state index in [1.54, 1.807) is 30.1 Å². The maximum Gasteiger partial charge on any atom is 0.254 e. The number of rotatable bonds is 2. The van der Waals surface area contributed by atoms with Crippen LogP contribution in [0.25, 0.3) is 0 Å². The van der Waals surface area contributed by atoms with E-state index in [9.17, 15) is 9.59 Å². The van der Waals surface area contributed by atoms with Crippen LogP contribution in [0, 0.1) is 0 Å². The molecule has 108 valence electrons. The van der Waals surface area contributed by atoms with Gasteiger partial charge in [-0.3, -0.25) is 9.59 Å². The molecule has 6 nitrogen and oxygen atoms in total. The Morgan fingerprint density at radius 3 is 2.45 bits per heavy atom. The number of piperidine rings is 1. The molecule has 6 heteroatoms. The Kier molecular flexibility index (Phi) is 4.12. The Morgan fingerprint density at radius 1 is 1.20 bits per heavy atom. The molecule has 1 saturated heterocycles. The van der Waals surface area contributed by atoms with Crippen molar-refractivity contribution in [1.82, 2.24) is 10.2 Å². The van der Waals surface area contributed by atoms with Gasteiger partial charge in [0.25, 0.3) is 5.91 Å². The summed E-state index contributed by atoms with van der Waals surface area (Å²) in [5, 5.41) is 2.61. The molecule has 1 aliphatic rings. The Hall–Kier alpha value is -2.24. The number of nitrogens with two attached hydrogens (primary N) is 2. The predicted molar refractivity (Wildman–Crippen MR) is 78.0 cm³/mol. The maximum atomic E-state index is 12.6. The number of hydrogen-bond donors (Lipinski definition) is 3. The molecule has 0 bridgehead atoms. The van der Waals surface area contributed by atoms with Gasteiger partial charge in [-0.05, 0) is 37.5 Å². The first-order valence-corrected chi connectivity index (χ1v) is 6.71. The number of hydrogen-bond acceptors (Lipinski definition) is 4. The molecule has 2 rings (SSSR count). The summed E-state index contributed by atoms with van der Waals surface area (Å²) in [6, 6.07) is 4.37. The number of benzene rings is 1. The summed E-state index contributed by atoms with van der Waals surface area (Å²) in [6.45, 7) is 0.575. The summed E-state index contributed by atoms with van der Waals surface area (Å²) in [5.74, 6) is -0.327. The molecular weight excluding hydrogens is 256 g/mol. The van der Waals surface area contributed by atoms with Gasteiger partial charge in [0, 0.05) is 30.5 Å². The SMILES string of the molecule is CNC(=O)C1CCCCN1C(=O)c1cc(N)cc(N)c1. The highest BCUT2D eigenvalue weighted by Crippen LogP contribution is 2.22. The van der Waals surface area contributed by atoms with Crippen LogP contribution in [0.3, 0.4) is 0 Å². The first kappa shape index (κ1) is 14.2. The molecule has 20 heavy (non-hydrogen) atoms. The number of anilines is 2. The molecule has 0 aromatic heterocycles. The number of nitrogen functional groups attached to an aromatic ring is 2. The molecule has 1 aliphatic heterocycles. The molecule has 2 amide bonds. The average Bonchev–Trinajstić information content (AvgIpc) is 2.44. The van der Waals surface area contributed by atoms with E-state index >= 15 is 0 Å². The van der Waals surface area contributed by atoms with Gasteiger partial charge in [0.1, 0.15) is 6.04 Å². The lowest BCUT2D eigenvalue weighted by Crippen LogP contribution is -2.51. The molecular formula is C14H20N4O2. The molecule has 1 unspecified atom stereocenters. The van der Waals surface area contributed by atoms with Crippen molar-refractivity contribution in [2.24, 2.45) is 0 Å². The van der Waals surface area contributed by atoms with E-state index in [0.717, 1.165) is 12.8 Å². The van der Waals surface area contributed by atoms with Crippen molar-refractivity contribution in [2.45, 2.75) is 25.3 Å². The molecule has 1 heterocycles. The zero-order chi connectivity index (χ0) is 14.7. The van der Waals surface area contributed by atoms with E-state index < -0.39 is 6.04 Å². The van der Waals surface area contributed by atoms with Gasteiger partial charge in [-0.1, -0.05) is 0 Å². The fourth-order valence-corrected chi connectivity index (χ4v) is 2.58. The van der Waals surface area contributed by atoms with Crippen molar-refractivity contribution in [2.75, 3.05) is 25.1 Å². The molecule has 1 atom stereocenters. The third-order valence-electron chi connectivity index (χ3n) is 3.54. The van der Waals surface area contributed by atoms with Crippen LogP contribution in [0.1, 0.15) is 29.6 Å². The number of nitrogens with zero attached hydrogens (tertiary/aromatic N) is 1. The van der Waals surface area contributed by atoms with Gasteiger partial charge in [-0.25, -0.2) is 0 Å². The number of likely N-dealkylation sites (N-methyl/N-ethyl adjacent to an activating group) is 1. The van der Waals surface area contributed by atoms with Crippen LogP contribution in [0.5, 0.6) is 0 Å². The summed E-state index contributed by atoms with van der Waals surface area (Å²) in [4.78, 5) is 26.1. The van der Waals surface area contributed by atoms with Crippen molar-refractivity contribution in [1.29, 1.82) is 0 Å². The van der Waals surface area contributed by atoms with Crippen molar-refractivity contribution in [3.8, 4) is 0 Å². The molecule has 0 aliphatic carbocycles. The van der Waals surface area contributed by atoms with Crippen LogP contribution in [0.15, 0.2) is 18.2 Å². The summed E-state index contributed by atoms with van der Waals surface area (Å²) < 4.78 is 0. The quantitative estimate of drug-likeness (QED) is 0.688. The number of nitrogens with one attached hydrogen (secondary N) is 1. The van der Waals surface area contributed by atoms with Gasteiger partial charge in [-0.15, -0.1) is 0 Å². The van der Waals surface area contributed by atoms with Crippen LogP contribution >= 0.6 is 0 Å². The summed E-state index contributed by atoms with van der Waals surface area (Å²) >= 11 is 0. The Morgan fingerprint density at radius 2 is 1.85 bits per heavy atom. The van der Waals surface area contributed by atoms with Crippen LogP contribution in [-0.2, 0) is 4.79 Å². The summed E-state index contributed by atoms with van der Waals surface area (Å²) in [5.41, 5.74) is 12.8. The zero-order valence-electron chi connectivity index (χ0n) is 11.6. The van der Waals surface area contributed by atoms with Gasteiger partial charge in [0.05, 0.1) is 0 Å². The van der Waals surface area contributed by atoms with Crippen molar-refractivity contribution < 1.29 is 9.59 Å². The second kappa shape index (κ2) is 5.81. The highest BCUT2D eigenvalue weighted by Gasteiger charge is 2.32. The molecule has 1 aromatic carbocycles. The Labute approximate surface area is 118 Å². The largest absolute Gasteiger partial charge is 0.399 e. The maximum absolute atomic E-state index is 12.6. The van der Waals surface area contributed by atoms with Gasteiger partial charge < -0.3 is 21.7 Å². The van der Waals surface area contributed by atoms with E-state index in [2.05, 4.69) is 5.32 Å². The molecule has 1 aromatic rings. The third-order valence-corrected chi connectivity index (χ3v) is 3.54. The Bertz CT molecular complexity index is 510. The lowest BCUT2D eigenvalue weighted by Gasteiger charge is -2.34. The first-order chi connectivity index (χ1) is 9.52. The van der Waals surface area contributed by atoms with Gasteiger partial charge >= 0.3 is 0 Å². The van der Waals surface area contributed by atoms with E-state index in [1.165, 1.54) is 0 Å². The fraction of sp³-hybridized carbons (Fsp3) is 0.429. The average molecular weight is 276 g/mol. The van der Waals surface area contributed by atoms with Gasteiger partial charge in [0.2, 0.25) is 5.91 Å². The van der Waals surface area contributed by atoms with Gasteiger partial charge in [0.15, 0.2) is 0 Å². The van der Waals surface area contributed by atoms with E-state index in [-0.39, 0.29) is 11.8 Å². The predicted octanol–water partition coefficient (Wildman–Crippen LogP) is 0.592. The van der Waals surface area contributed by atoms with Crippen molar-refractivity contribution in [3.05, 3.63) is 23.8 Å². The second-order valence-corrected chi connectivity index (χ2v) is 5.01. The van der Waals surface area contributed by atoms with Crippen LogP contribution in [0.4, 0.5) is 11.4 Å². The first-order valence-electron chi connectivity index (χ1n) is 6.71. The standard InChI is InChI=1S/C14H20N4O2/c1-17-13(19)12-4-2-3-5-18(12)14(20)9-6-10(15)8-11(16)7-9/h6-8,12H,2-5,15-16H2,1H3,(H,17,19). The minimum absolute atomic E-state index is 0.130. The highest BCUT2D eigenvalue weighted by molar-refractivity contribution is 5.99. The topological polar surface area (TPSA) is 101 Å². The zero-order valence-corrected chi connectivity index (χ0v) is 11.6. The normalized spacial score (nSPS) is 18.6. The second-order valence-electron chi connectivity index (χ2n) is 5.01. The highest BCUT2D eigenvalue weighted by atomic mass is 16.2. The lowest BCUT2D eigenvalue weighted by atomic mass is 10.00. The van der Waals surface area contributed by atoms with E-state index in [1.807, 2.05) is 0 Å². The third kappa shape index (κ3) is 2.84. The Balaban J connectivity index is 2.27. The smallest absolute Gasteiger partial charge is 0.254 e. The van der Waals surface area contributed by atoms with Crippen molar-refractivity contribution in [3.63, 3.8) is 0 Å². The van der Waals surface area contributed by atoms with E-state index in [0.29, 0.717) is 29.9 Å². The van der Waals surface area contributed by atoms with Crippen molar-refractivity contribution >= 4 is 23.2 Å².